The van der Waals surface area contributed by atoms with Gasteiger partial charge in [-0.15, -0.1) is 0 Å². The van der Waals surface area contributed by atoms with E-state index in [-0.39, 0.29) is 25.7 Å². The van der Waals surface area contributed by atoms with Gasteiger partial charge in [0.15, 0.2) is 12.2 Å². The normalized spacial score (nSPS) is 14.2. The third-order valence-electron chi connectivity index (χ3n) is 19.1. The molecule has 0 aliphatic heterocycles. The number of unbranched alkanes of at least 4 members (excludes halogenated alkanes) is 48. The first-order valence-electron chi connectivity index (χ1n) is 41.5. The molecular formula is C80H156O17P2. The lowest BCUT2D eigenvalue weighted by Gasteiger charge is -2.21. The largest absolute Gasteiger partial charge is 0.472 e. The summed E-state index contributed by atoms with van der Waals surface area (Å²) in [6, 6.07) is 0. The van der Waals surface area contributed by atoms with E-state index in [1.54, 1.807) is 0 Å². The van der Waals surface area contributed by atoms with Crippen molar-refractivity contribution in [3.05, 3.63) is 0 Å². The molecular weight excluding hydrogens is 1290 g/mol. The second kappa shape index (κ2) is 71.7. The summed E-state index contributed by atoms with van der Waals surface area (Å²) in [4.78, 5) is 72.9. The quantitative estimate of drug-likeness (QED) is 0.0222. The molecule has 0 fully saturated rings. The van der Waals surface area contributed by atoms with Gasteiger partial charge < -0.3 is 33.8 Å². The number of carbonyl (C=O) groups excluding carboxylic acids is 4. The van der Waals surface area contributed by atoms with Crippen LogP contribution in [-0.4, -0.2) is 96.7 Å². The van der Waals surface area contributed by atoms with Gasteiger partial charge in [0.2, 0.25) is 0 Å². The molecule has 0 aromatic carbocycles. The fourth-order valence-corrected chi connectivity index (χ4v) is 13.9. The minimum Gasteiger partial charge on any atom is -0.462 e. The number of carbonyl (C=O) groups is 4. The van der Waals surface area contributed by atoms with Crippen LogP contribution in [0.2, 0.25) is 0 Å². The Hall–Kier alpha value is -1.94. The maximum atomic E-state index is 13.1. The van der Waals surface area contributed by atoms with Crippen molar-refractivity contribution in [1.29, 1.82) is 0 Å². The molecule has 17 nitrogen and oxygen atoms in total. The zero-order chi connectivity index (χ0) is 72.8. The Kier molecular flexibility index (Phi) is 70.3. The Morgan fingerprint density at radius 1 is 0.293 bits per heavy atom. The SMILES string of the molecule is CCCCCCCCCCCCCCCCCCCCCCC(=O)O[C@H](COC(=O)CCCCCCCCCCCCCCCCC(C)CC)COP(=O)(O)OC[C@@H](O)COP(=O)(O)OC[C@@H](COC(=O)CCCCCCCCC(C)C)OC(=O)CCCCCCCCCCCCCC. The van der Waals surface area contributed by atoms with E-state index in [9.17, 15) is 43.2 Å². The molecule has 0 aliphatic rings. The van der Waals surface area contributed by atoms with Crippen molar-refractivity contribution in [2.75, 3.05) is 39.6 Å². The van der Waals surface area contributed by atoms with Gasteiger partial charge in [-0.2, -0.15) is 0 Å². The van der Waals surface area contributed by atoms with Crippen LogP contribution in [0.5, 0.6) is 0 Å². The molecule has 3 unspecified atom stereocenters. The standard InChI is InChI=1S/C80H156O17P2/c1-7-10-12-14-16-18-20-22-23-24-25-26-27-28-33-37-41-45-53-59-65-80(85)96-75(68-90-77(82)62-56-50-43-39-36-32-30-29-31-34-38-42-49-55-61-73(6)9-3)70-94-98(86,87)92-66-74(81)67-93-99(88,89)95-71-76(69-91-78(83)63-57-51-47-46-48-54-60-72(4)5)97-79(84)64-58-52-44-40-35-21-19-17-15-13-11-8-2/h72-76,81H,7-71H2,1-6H3,(H,86,87)(H,88,89)/t73?,74-,75-,76-/m1/s1. The maximum Gasteiger partial charge on any atom is 0.472 e. The van der Waals surface area contributed by atoms with Gasteiger partial charge in [0.05, 0.1) is 26.4 Å². The highest BCUT2D eigenvalue weighted by molar-refractivity contribution is 7.47. The van der Waals surface area contributed by atoms with Crippen molar-refractivity contribution in [3.63, 3.8) is 0 Å². The van der Waals surface area contributed by atoms with E-state index in [4.69, 9.17) is 37.0 Å². The van der Waals surface area contributed by atoms with Crippen LogP contribution in [0, 0.1) is 11.8 Å². The zero-order valence-electron chi connectivity index (χ0n) is 64.8. The van der Waals surface area contributed by atoms with E-state index in [0.717, 1.165) is 102 Å². The first-order chi connectivity index (χ1) is 47.9. The number of aliphatic hydroxyl groups is 1. The smallest absolute Gasteiger partial charge is 0.462 e. The molecule has 0 saturated heterocycles. The summed E-state index contributed by atoms with van der Waals surface area (Å²) in [5.41, 5.74) is 0. The fourth-order valence-electron chi connectivity index (χ4n) is 12.3. The van der Waals surface area contributed by atoms with Crippen LogP contribution in [0.4, 0.5) is 0 Å². The lowest BCUT2D eigenvalue weighted by molar-refractivity contribution is -0.161. The van der Waals surface area contributed by atoms with Crippen LogP contribution >= 0.6 is 15.6 Å². The number of ether oxygens (including phenoxy) is 4. The highest BCUT2D eigenvalue weighted by atomic mass is 31.2. The topological polar surface area (TPSA) is 237 Å². The third kappa shape index (κ3) is 72.8. The molecule has 6 atom stereocenters. The highest BCUT2D eigenvalue weighted by Gasteiger charge is 2.30. The number of rotatable bonds is 79. The van der Waals surface area contributed by atoms with Gasteiger partial charge in [-0.05, 0) is 37.5 Å². The minimum atomic E-state index is -4.96. The van der Waals surface area contributed by atoms with Crippen LogP contribution in [-0.2, 0) is 65.4 Å². The summed E-state index contributed by atoms with van der Waals surface area (Å²) >= 11 is 0. The second-order valence-corrected chi connectivity index (χ2v) is 32.4. The molecule has 0 aromatic rings. The highest BCUT2D eigenvalue weighted by Crippen LogP contribution is 2.45. The molecule has 0 amide bonds. The predicted octanol–water partition coefficient (Wildman–Crippen LogP) is 23.9. The van der Waals surface area contributed by atoms with Crippen molar-refractivity contribution in [2.45, 2.75) is 439 Å². The monoisotopic (exact) mass is 1450 g/mol. The zero-order valence-corrected chi connectivity index (χ0v) is 66.6. The summed E-state index contributed by atoms with van der Waals surface area (Å²) in [6.07, 6.45) is 61.2. The predicted molar refractivity (Wildman–Crippen MR) is 405 cm³/mol. The average molecular weight is 1450 g/mol. The number of aliphatic hydroxyl groups excluding tert-OH is 1. The van der Waals surface area contributed by atoms with Crippen molar-refractivity contribution >= 4 is 39.5 Å². The van der Waals surface area contributed by atoms with E-state index in [0.29, 0.717) is 31.6 Å². The van der Waals surface area contributed by atoms with Gasteiger partial charge in [-0.3, -0.25) is 37.3 Å². The first-order valence-corrected chi connectivity index (χ1v) is 44.5. The van der Waals surface area contributed by atoms with Gasteiger partial charge in [0.25, 0.3) is 0 Å². The van der Waals surface area contributed by atoms with E-state index in [2.05, 4.69) is 41.5 Å². The summed E-state index contributed by atoms with van der Waals surface area (Å²) in [5.74, 6) is -0.582. The van der Waals surface area contributed by atoms with Crippen LogP contribution < -0.4 is 0 Å². The number of phosphoric acid groups is 2. The Labute approximate surface area is 607 Å². The average Bonchev–Trinajstić information content (AvgIpc) is 1.13. The van der Waals surface area contributed by atoms with Crippen LogP contribution in [0.25, 0.3) is 0 Å². The van der Waals surface area contributed by atoms with Crippen LogP contribution in [0.3, 0.4) is 0 Å². The van der Waals surface area contributed by atoms with E-state index < -0.39 is 97.5 Å². The van der Waals surface area contributed by atoms with Gasteiger partial charge in [-0.25, -0.2) is 9.13 Å². The molecule has 0 aliphatic carbocycles. The minimum absolute atomic E-state index is 0.106. The maximum absolute atomic E-state index is 13.1. The summed E-state index contributed by atoms with van der Waals surface area (Å²) in [5, 5.41) is 10.6. The lowest BCUT2D eigenvalue weighted by atomic mass is 9.99. The number of phosphoric ester groups is 2. The lowest BCUT2D eigenvalue weighted by Crippen LogP contribution is -2.30. The van der Waals surface area contributed by atoms with Gasteiger partial charge in [0.1, 0.15) is 19.3 Å². The molecule has 0 radical (unpaired) electrons. The van der Waals surface area contributed by atoms with Gasteiger partial charge in [0, 0.05) is 25.7 Å². The number of esters is 4. The molecule has 0 bridgehead atoms. The molecule has 588 valence electrons. The molecule has 0 heterocycles. The van der Waals surface area contributed by atoms with E-state index in [1.165, 1.54) is 231 Å². The van der Waals surface area contributed by atoms with Crippen molar-refractivity contribution in [2.24, 2.45) is 11.8 Å². The summed E-state index contributed by atoms with van der Waals surface area (Å²) < 4.78 is 68.6. The molecule has 0 aromatic heterocycles. The fraction of sp³-hybridized carbons (Fsp3) is 0.950. The molecule has 19 heteroatoms. The van der Waals surface area contributed by atoms with Crippen molar-refractivity contribution in [1.82, 2.24) is 0 Å². The number of hydrogen-bond acceptors (Lipinski definition) is 15. The van der Waals surface area contributed by atoms with Crippen LogP contribution in [0.1, 0.15) is 420 Å². The molecule has 0 saturated carbocycles. The third-order valence-corrected chi connectivity index (χ3v) is 21.0. The molecule has 99 heavy (non-hydrogen) atoms. The molecule has 0 rings (SSSR count). The Morgan fingerprint density at radius 3 is 0.768 bits per heavy atom. The van der Waals surface area contributed by atoms with E-state index >= 15 is 0 Å². The van der Waals surface area contributed by atoms with E-state index in [1.807, 2.05) is 0 Å². The molecule has 0 spiro atoms. The molecule has 3 N–H and O–H groups in total. The summed E-state index contributed by atoms with van der Waals surface area (Å²) in [6.45, 7) is 9.60. The van der Waals surface area contributed by atoms with Gasteiger partial charge >= 0.3 is 39.5 Å². The summed E-state index contributed by atoms with van der Waals surface area (Å²) in [7, 11) is -9.92. The Balaban J connectivity index is 5.21. The Bertz CT molecular complexity index is 1910. The number of hydrogen-bond donors (Lipinski definition) is 3. The van der Waals surface area contributed by atoms with Crippen LogP contribution in [0.15, 0.2) is 0 Å². The Morgan fingerprint density at radius 2 is 0.515 bits per heavy atom. The van der Waals surface area contributed by atoms with Gasteiger partial charge in [-0.1, -0.05) is 369 Å². The second-order valence-electron chi connectivity index (χ2n) is 29.5. The first kappa shape index (κ1) is 97.1. The van der Waals surface area contributed by atoms with Crippen molar-refractivity contribution < 1.29 is 80.2 Å². The van der Waals surface area contributed by atoms with Crippen molar-refractivity contribution in [3.8, 4) is 0 Å².